The summed E-state index contributed by atoms with van der Waals surface area (Å²) in [6.45, 7) is 0.109. The van der Waals surface area contributed by atoms with Gasteiger partial charge in [0.1, 0.15) is 40.0 Å². The molecule has 1 atom stereocenters. The molecule has 258 valence electrons. The van der Waals surface area contributed by atoms with Crippen molar-refractivity contribution < 1.29 is 48.4 Å². The number of carboxylic acid groups (broad SMARTS) is 2. The molecule has 1 aliphatic heterocycles. The molecule has 0 radical (unpaired) electrons. The van der Waals surface area contributed by atoms with Crippen LogP contribution in [-0.2, 0) is 4.79 Å². The molecule has 1 aliphatic carbocycles. The summed E-state index contributed by atoms with van der Waals surface area (Å²) < 4.78 is 10.9. The number of amides is 2. The first-order valence-electron chi connectivity index (χ1n) is 15.6. The fraction of sp³-hybridized carbons (Fsp3) is 0.135. The van der Waals surface area contributed by atoms with Crippen molar-refractivity contribution in [3.63, 3.8) is 0 Å². The van der Waals surface area contributed by atoms with E-state index in [4.69, 9.17) is 8.83 Å². The molecular weight excluding hydrogens is 664 g/mol. The number of carboxylic acids is 2. The van der Waals surface area contributed by atoms with Gasteiger partial charge in [-0.2, -0.15) is 0 Å². The van der Waals surface area contributed by atoms with Crippen molar-refractivity contribution in [3.8, 4) is 33.9 Å². The van der Waals surface area contributed by atoms with E-state index < -0.39 is 41.0 Å². The third kappa shape index (κ3) is 7.10. The maximum Gasteiger partial charge on any atom is 0.349 e. The van der Waals surface area contributed by atoms with E-state index in [1.165, 1.54) is 72.8 Å². The average Bonchev–Trinajstić information content (AvgIpc) is 3.08. The van der Waals surface area contributed by atoms with Crippen LogP contribution >= 0.6 is 0 Å². The molecule has 0 bridgehead atoms. The number of unbranched alkanes of at least 4 members (excludes halogenated alkanes) is 1. The monoisotopic (exact) mass is 692 g/mol. The zero-order valence-corrected chi connectivity index (χ0v) is 26.5. The van der Waals surface area contributed by atoms with Gasteiger partial charge >= 0.3 is 17.6 Å². The first-order valence-corrected chi connectivity index (χ1v) is 15.6. The van der Waals surface area contributed by atoms with Crippen LogP contribution in [0.1, 0.15) is 50.3 Å². The van der Waals surface area contributed by atoms with E-state index in [2.05, 4.69) is 10.6 Å². The highest BCUT2D eigenvalue weighted by molar-refractivity contribution is 6.09. The lowest BCUT2D eigenvalue weighted by Gasteiger charge is -2.17. The molecule has 14 nitrogen and oxygen atoms in total. The summed E-state index contributed by atoms with van der Waals surface area (Å²) in [7, 11) is 0. The van der Waals surface area contributed by atoms with Crippen LogP contribution in [0.3, 0.4) is 0 Å². The second-order valence-electron chi connectivity index (χ2n) is 11.7. The van der Waals surface area contributed by atoms with E-state index in [0.717, 1.165) is 0 Å². The van der Waals surface area contributed by atoms with Crippen LogP contribution in [0.15, 0.2) is 97.3 Å². The number of aromatic hydroxyl groups is 2. The first kappa shape index (κ1) is 33.9. The van der Waals surface area contributed by atoms with Crippen molar-refractivity contribution in [2.75, 3.05) is 6.54 Å². The highest BCUT2D eigenvalue weighted by Gasteiger charge is 2.25. The summed E-state index contributed by atoms with van der Waals surface area (Å²) in [6, 6.07) is 16.3. The fourth-order valence-electron chi connectivity index (χ4n) is 5.76. The van der Waals surface area contributed by atoms with Gasteiger partial charge in [0.25, 0.3) is 11.8 Å². The number of aliphatic carboxylic acids is 1. The van der Waals surface area contributed by atoms with Gasteiger partial charge in [-0.25, -0.2) is 14.4 Å². The molecule has 1 aromatic heterocycles. The van der Waals surface area contributed by atoms with Gasteiger partial charge in [0.2, 0.25) is 0 Å². The van der Waals surface area contributed by atoms with Crippen LogP contribution in [0.4, 0.5) is 0 Å². The number of phenols is 2. The lowest BCUT2D eigenvalue weighted by atomic mass is 9.89. The van der Waals surface area contributed by atoms with Crippen LogP contribution in [-0.4, -0.2) is 56.8 Å². The topological polar surface area (TPSA) is 234 Å². The third-order valence-corrected chi connectivity index (χ3v) is 8.23. The van der Waals surface area contributed by atoms with E-state index in [9.17, 15) is 49.2 Å². The van der Waals surface area contributed by atoms with Gasteiger partial charge in [-0.15, -0.1) is 0 Å². The Balaban J connectivity index is 1.15. The molecule has 2 aliphatic rings. The molecule has 6 rings (SSSR count). The number of fused-ring (bicyclic) bond motifs is 3. The van der Waals surface area contributed by atoms with E-state index in [0.29, 0.717) is 28.3 Å². The highest BCUT2D eigenvalue weighted by Crippen LogP contribution is 2.42. The van der Waals surface area contributed by atoms with Crippen molar-refractivity contribution in [2.24, 2.45) is 0 Å². The van der Waals surface area contributed by atoms with Gasteiger partial charge in [-0.3, -0.25) is 14.4 Å². The third-order valence-electron chi connectivity index (χ3n) is 8.23. The van der Waals surface area contributed by atoms with Crippen LogP contribution in [0.2, 0.25) is 0 Å². The average molecular weight is 693 g/mol. The Morgan fingerprint density at radius 1 is 0.706 bits per heavy atom. The number of hydrogen-bond acceptors (Lipinski definition) is 10. The molecule has 1 unspecified atom stereocenters. The summed E-state index contributed by atoms with van der Waals surface area (Å²) in [5.74, 6) is -4.18. The molecular formula is C37H28N2O12. The molecule has 14 heteroatoms. The standard InChI is InChI=1S/C37H28N2O12/c40-20-6-4-18-13-27(37(49)51-29(18)15-20)34(44)39-28(36(47)48)3-1-2-12-38-33(43)19-5-9-23(35(45)46)26(14-19)32-24-10-7-21(41)16-30(24)50-31-17-22(42)8-11-25(31)32/h4-11,13-17,28,40-41H,1-3,12H2,(H,38,43)(H,39,44)(H,45,46)(H,47,48). The number of hydrogen-bond donors (Lipinski definition) is 6. The van der Waals surface area contributed by atoms with Crippen LogP contribution in [0.5, 0.6) is 11.5 Å². The van der Waals surface area contributed by atoms with Gasteiger partial charge in [0.15, 0.2) is 5.43 Å². The van der Waals surface area contributed by atoms with Crippen molar-refractivity contribution in [3.05, 3.63) is 116 Å². The lowest BCUT2D eigenvalue weighted by Crippen LogP contribution is -2.42. The molecule has 51 heavy (non-hydrogen) atoms. The maximum atomic E-state index is 13.2. The lowest BCUT2D eigenvalue weighted by molar-refractivity contribution is -0.139. The number of aromatic carboxylic acids is 1. The zero-order chi connectivity index (χ0) is 36.4. The Bertz CT molecular complexity index is 2460. The Morgan fingerprint density at radius 2 is 1.45 bits per heavy atom. The summed E-state index contributed by atoms with van der Waals surface area (Å²) >= 11 is 0. The minimum Gasteiger partial charge on any atom is -0.508 e. The summed E-state index contributed by atoms with van der Waals surface area (Å²) in [6.07, 6.45) is 0.539. The summed E-state index contributed by atoms with van der Waals surface area (Å²) in [5.41, 5.74) is -0.554. The Morgan fingerprint density at radius 3 is 2.20 bits per heavy atom. The maximum absolute atomic E-state index is 13.2. The van der Waals surface area contributed by atoms with E-state index in [1.54, 1.807) is 6.07 Å². The molecule has 4 aromatic rings. The predicted molar refractivity (Wildman–Crippen MR) is 182 cm³/mol. The van der Waals surface area contributed by atoms with Gasteiger partial charge in [0.05, 0.1) is 5.56 Å². The summed E-state index contributed by atoms with van der Waals surface area (Å²) in [4.78, 5) is 74.7. The zero-order valence-electron chi connectivity index (χ0n) is 26.5. The second kappa shape index (κ2) is 13.9. The number of carbonyl (C=O) groups excluding carboxylic acids is 2. The molecule has 2 amide bonds. The van der Waals surface area contributed by atoms with Crippen molar-refractivity contribution in [1.29, 1.82) is 0 Å². The predicted octanol–water partition coefficient (Wildman–Crippen LogP) is 4.56. The second-order valence-corrected chi connectivity index (χ2v) is 11.7. The minimum absolute atomic E-state index is 0.0268. The normalized spacial score (nSPS) is 11.8. The number of nitrogens with one attached hydrogen (secondary N) is 2. The van der Waals surface area contributed by atoms with Crippen molar-refractivity contribution >= 4 is 45.7 Å². The smallest absolute Gasteiger partial charge is 0.349 e. The quantitative estimate of drug-likeness (QED) is 0.0623. The first-order chi connectivity index (χ1) is 24.4. The Hall–Kier alpha value is -6.96. The summed E-state index contributed by atoms with van der Waals surface area (Å²) in [5, 5.41) is 45.2. The molecule has 0 saturated carbocycles. The van der Waals surface area contributed by atoms with Gasteiger partial charge < -0.3 is 39.9 Å². The fourth-order valence-corrected chi connectivity index (χ4v) is 5.76. The van der Waals surface area contributed by atoms with Gasteiger partial charge in [-0.1, -0.05) is 0 Å². The van der Waals surface area contributed by atoms with E-state index in [1.807, 2.05) is 0 Å². The number of phenolic OH excluding ortho intramolecular Hbond substituents is 2. The number of benzene rings is 4. The molecule has 0 fully saturated rings. The molecule has 2 heterocycles. The van der Waals surface area contributed by atoms with Gasteiger partial charge in [-0.05, 0) is 85.5 Å². The van der Waals surface area contributed by atoms with Crippen LogP contribution < -0.4 is 21.7 Å². The van der Waals surface area contributed by atoms with E-state index >= 15 is 0 Å². The molecule has 3 aromatic carbocycles. The molecule has 0 saturated heterocycles. The van der Waals surface area contributed by atoms with Crippen LogP contribution in [0.25, 0.3) is 44.4 Å². The molecule has 0 spiro atoms. The minimum atomic E-state index is -1.35. The van der Waals surface area contributed by atoms with E-state index in [-0.39, 0.29) is 69.9 Å². The van der Waals surface area contributed by atoms with Crippen LogP contribution in [0, 0.1) is 0 Å². The number of rotatable bonds is 11. The largest absolute Gasteiger partial charge is 0.508 e. The highest BCUT2D eigenvalue weighted by atomic mass is 16.4. The van der Waals surface area contributed by atoms with Crippen molar-refractivity contribution in [2.45, 2.75) is 25.3 Å². The molecule has 6 N–H and O–H groups in total. The van der Waals surface area contributed by atoms with Crippen molar-refractivity contribution in [1.82, 2.24) is 10.6 Å². The number of carbonyl (C=O) groups is 4. The Labute approximate surface area is 286 Å². The van der Waals surface area contributed by atoms with Gasteiger partial charge in [0, 0.05) is 52.2 Å². The Kier molecular flexibility index (Phi) is 9.23. The SMILES string of the molecule is O=C(NCCCCC(NC(=O)c1cc2ccc(O)cc2oc1=O)C(=O)O)c1ccc(C(=O)O)c(-c2c3ccc(=O)cc-3oc3cc(O)ccc23)c1.